The smallest absolute Gasteiger partial charge is 0.340 e. The van der Waals surface area contributed by atoms with E-state index in [2.05, 4.69) is 10.2 Å². The molecule has 2 aromatic heterocycles. The molecule has 0 radical (unpaired) electrons. The molecule has 1 atom stereocenters. The summed E-state index contributed by atoms with van der Waals surface area (Å²) >= 11 is 6.17. The minimum Gasteiger partial charge on any atom is -0.462 e. The van der Waals surface area contributed by atoms with Gasteiger partial charge in [-0.3, -0.25) is 5.10 Å². The zero-order valence-electron chi connectivity index (χ0n) is 15.0. The summed E-state index contributed by atoms with van der Waals surface area (Å²) in [6, 6.07) is 6.20. The van der Waals surface area contributed by atoms with Crippen LogP contribution in [0.4, 0.5) is 0 Å². The Morgan fingerprint density at radius 1 is 1.39 bits per heavy atom. The van der Waals surface area contributed by atoms with E-state index in [0.717, 1.165) is 0 Å². The molecule has 0 saturated carbocycles. The molecule has 0 spiro atoms. The predicted molar refractivity (Wildman–Crippen MR) is 101 cm³/mol. The van der Waals surface area contributed by atoms with Crippen LogP contribution in [0.5, 0.6) is 5.88 Å². The third-order valence-corrected chi connectivity index (χ3v) is 4.79. The Balaban J connectivity index is 2.07. The maximum Gasteiger partial charge on any atom is 0.340 e. The number of H-pyrrole nitrogens is 1. The summed E-state index contributed by atoms with van der Waals surface area (Å²) in [5.74, 6) is -1.28. The van der Waals surface area contributed by atoms with Gasteiger partial charge in [-0.1, -0.05) is 11.6 Å². The molecule has 8 nitrogen and oxygen atoms in total. The average Bonchev–Trinajstić information content (AvgIpc) is 3.01. The van der Waals surface area contributed by atoms with Crippen molar-refractivity contribution in [3.63, 3.8) is 0 Å². The molecule has 4 rings (SSSR count). The van der Waals surface area contributed by atoms with Gasteiger partial charge in [0.15, 0.2) is 0 Å². The van der Waals surface area contributed by atoms with E-state index in [4.69, 9.17) is 31.2 Å². The van der Waals surface area contributed by atoms with E-state index in [0.29, 0.717) is 32.8 Å². The molecule has 1 aromatic carbocycles. The van der Waals surface area contributed by atoms with Gasteiger partial charge < -0.3 is 19.6 Å². The second kappa shape index (κ2) is 6.72. The van der Waals surface area contributed by atoms with E-state index >= 15 is 0 Å². The van der Waals surface area contributed by atoms with Gasteiger partial charge in [-0.2, -0.15) is 0 Å². The van der Waals surface area contributed by atoms with Crippen molar-refractivity contribution in [2.75, 3.05) is 6.61 Å². The first-order valence-corrected chi connectivity index (χ1v) is 8.91. The maximum atomic E-state index is 12.7. The lowest BCUT2D eigenvalue weighted by atomic mass is 9.82. The van der Waals surface area contributed by atoms with Gasteiger partial charge in [-0.05, 0) is 37.6 Å². The average molecular weight is 402 g/mol. The minimum atomic E-state index is -0.744. The molecule has 1 aliphatic rings. The number of halogens is 1. The van der Waals surface area contributed by atoms with E-state index in [9.17, 15) is 9.59 Å². The lowest BCUT2D eigenvalue weighted by Crippen LogP contribution is -2.28. The van der Waals surface area contributed by atoms with Crippen LogP contribution in [0.2, 0.25) is 5.02 Å². The number of esters is 1. The first-order chi connectivity index (χ1) is 13.4. The van der Waals surface area contributed by atoms with Crippen LogP contribution in [-0.4, -0.2) is 22.8 Å². The summed E-state index contributed by atoms with van der Waals surface area (Å²) in [4.78, 5) is 25.0. The number of aromatic amines is 1. The van der Waals surface area contributed by atoms with Crippen molar-refractivity contribution in [1.82, 2.24) is 10.2 Å². The van der Waals surface area contributed by atoms with Crippen LogP contribution >= 0.6 is 11.6 Å². The van der Waals surface area contributed by atoms with E-state index in [1.807, 2.05) is 0 Å². The molecule has 3 aromatic rings. The molecule has 0 bridgehead atoms. The van der Waals surface area contributed by atoms with E-state index in [-0.39, 0.29) is 23.9 Å². The molecule has 144 valence electrons. The van der Waals surface area contributed by atoms with E-state index < -0.39 is 17.5 Å². The van der Waals surface area contributed by atoms with Gasteiger partial charge in [-0.15, -0.1) is 5.10 Å². The molecule has 3 heterocycles. The molecule has 9 heteroatoms. The SMILES string of the molecule is CCOC(=O)C1=C(N)Oc2n[nH]c(C)c2C1c1cc(=O)oc2ccc(Cl)cc12. The highest BCUT2D eigenvalue weighted by Gasteiger charge is 2.39. The summed E-state index contributed by atoms with van der Waals surface area (Å²) in [6.07, 6.45) is 0. The third-order valence-electron chi connectivity index (χ3n) is 4.55. The van der Waals surface area contributed by atoms with Crippen LogP contribution in [0.1, 0.15) is 29.7 Å². The number of hydrogen-bond donors (Lipinski definition) is 2. The summed E-state index contributed by atoms with van der Waals surface area (Å²) in [5.41, 5.74) is 7.65. The second-order valence-electron chi connectivity index (χ2n) is 6.26. The van der Waals surface area contributed by atoms with Crippen molar-refractivity contribution in [1.29, 1.82) is 0 Å². The summed E-state index contributed by atoms with van der Waals surface area (Å²) in [6.45, 7) is 3.63. The first kappa shape index (κ1) is 18.1. The highest BCUT2D eigenvalue weighted by molar-refractivity contribution is 6.31. The normalized spacial score (nSPS) is 16.0. The first-order valence-electron chi connectivity index (χ1n) is 8.53. The summed E-state index contributed by atoms with van der Waals surface area (Å²) in [7, 11) is 0. The molecule has 0 amide bonds. The molecule has 0 aliphatic carbocycles. The van der Waals surface area contributed by atoms with Crippen molar-refractivity contribution in [2.24, 2.45) is 5.73 Å². The van der Waals surface area contributed by atoms with Gasteiger partial charge >= 0.3 is 11.6 Å². The van der Waals surface area contributed by atoms with Crippen molar-refractivity contribution in [2.45, 2.75) is 19.8 Å². The maximum absolute atomic E-state index is 12.7. The van der Waals surface area contributed by atoms with Crippen LogP contribution in [0.3, 0.4) is 0 Å². The number of nitrogens with two attached hydrogens (primary N) is 1. The number of fused-ring (bicyclic) bond motifs is 2. The number of nitrogens with zero attached hydrogens (tertiary/aromatic N) is 1. The van der Waals surface area contributed by atoms with Gasteiger partial charge in [0.25, 0.3) is 0 Å². The number of carbonyl (C=O) groups excluding carboxylic acids is 1. The second-order valence-corrected chi connectivity index (χ2v) is 6.70. The lowest BCUT2D eigenvalue weighted by Gasteiger charge is -2.26. The van der Waals surface area contributed by atoms with Crippen LogP contribution in [0.25, 0.3) is 11.0 Å². The predicted octanol–water partition coefficient (Wildman–Crippen LogP) is 2.74. The number of rotatable bonds is 3. The number of hydrogen-bond acceptors (Lipinski definition) is 7. The number of ether oxygens (including phenoxy) is 2. The number of nitrogens with one attached hydrogen (secondary N) is 1. The molecule has 3 N–H and O–H groups in total. The standard InChI is InChI=1S/C19H16ClN3O5/c1-3-26-19(25)16-15(14-8(2)22-23-18(14)28-17(16)21)11-7-13(24)27-12-5-4-9(20)6-10(11)12/h4-7,15H,3,21H2,1-2H3,(H,22,23). The zero-order valence-corrected chi connectivity index (χ0v) is 15.8. The highest BCUT2D eigenvalue weighted by atomic mass is 35.5. The van der Waals surface area contributed by atoms with Gasteiger partial charge in [-0.25, -0.2) is 9.59 Å². The molecule has 1 unspecified atom stereocenters. The Hall–Kier alpha value is -3.26. The van der Waals surface area contributed by atoms with Crippen LogP contribution < -0.4 is 16.1 Å². The Morgan fingerprint density at radius 2 is 2.18 bits per heavy atom. The van der Waals surface area contributed by atoms with Gasteiger partial charge in [0.1, 0.15) is 11.2 Å². The van der Waals surface area contributed by atoms with Gasteiger partial charge in [0.2, 0.25) is 11.8 Å². The molecular weight excluding hydrogens is 386 g/mol. The summed E-state index contributed by atoms with van der Waals surface area (Å²) in [5, 5.41) is 7.95. The van der Waals surface area contributed by atoms with Crippen molar-refractivity contribution in [3.05, 3.63) is 68.0 Å². The van der Waals surface area contributed by atoms with Gasteiger partial charge in [0.05, 0.1) is 12.5 Å². The quantitative estimate of drug-likeness (QED) is 0.511. The Morgan fingerprint density at radius 3 is 2.93 bits per heavy atom. The topological polar surface area (TPSA) is 120 Å². The fourth-order valence-electron chi connectivity index (χ4n) is 3.42. The van der Waals surface area contributed by atoms with Crippen LogP contribution in [0, 0.1) is 6.92 Å². The Labute approximate surface area is 163 Å². The van der Waals surface area contributed by atoms with Crippen molar-refractivity contribution in [3.8, 4) is 5.88 Å². The monoisotopic (exact) mass is 401 g/mol. The fraction of sp³-hybridized carbons (Fsp3) is 0.211. The Kier molecular flexibility index (Phi) is 4.35. The third kappa shape index (κ3) is 2.82. The van der Waals surface area contributed by atoms with Gasteiger partial charge in [0, 0.05) is 27.7 Å². The van der Waals surface area contributed by atoms with Crippen molar-refractivity contribution >= 4 is 28.5 Å². The number of benzene rings is 1. The number of carbonyl (C=O) groups is 1. The van der Waals surface area contributed by atoms with Crippen LogP contribution in [0.15, 0.2) is 44.9 Å². The highest BCUT2D eigenvalue weighted by Crippen LogP contribution is 2.45. The lowest BCUT2D eigenvalue weighted by molar-refractivity contribution is -0.139. The molecule has 28 heavy (non-hydrogen) atoms. The largest absolute Gasteiger partial charge is 0.462 e. The summed E-state index contributed by atoms with van der Waals surface area (Å²) < 4.78 is 16.0. The van der Waals surface area contributed by atoms with E-state index in [1.165, 1.54) is 6.07 Å². The number of aryl methyl sites for hydroxylation is 1. The fourth-order valence-corrected chi connectivity index (χ4v) is 3.59. The molecule has 0 saturated heterocycles. The Bertz CT molecular complexity index is 1190. The number of aromatic nitrogens is 2. The van der Waals surface area contributed by atoms with E-state index in [1.54, 1.807) is 32.0 Å². The molecular formula is C19H16ClN3O5. The molecule has 1 aliphatic heterocycles. The molecule has 0 fully saturated rings. The minimum absolute atomic E-state index is 0.0886. The van der Waals surface area contributed by atoms with Crippen LogP contribution in [-0.2, 0) is 9.53 Å². The zero-order chi connectivity index (χ0) is 20.0. The van der Waals surface area contributed by atoms with Crippen molar-refractivity contribution < 1.29 is 18.7 Å².